The third-order valence-electron chi connectivity index (χ3n) is 4.27. The van der Waals surface area contributed by atoms with E-state index in [9.17, 15) is 14.0 Å². The number of benzene rings is 2. The molecule has 0 spiro atoms. The van der Waals surface area contributed by atoms with Crippen molar-refractivity contribution in [1.29, 1.82) is 0 Å². The molecule has 0 atom stereocenters. The molecule has 0 fully saturated rings. The van der Waals surface area contributed by atoms with Crippen molar-refractivity contribution in [2.45, 2.75) is 26.4 Å². The van der Waals surface area contributed by atoms with Gasteiger partial charge in [-0.25, -0.2) is 14.2 Å². The van der Waals surface area contributed by atoms with Crippen LogP contribution < -0.4 is 15.5 Å². The number of pyridine rings is 1. The van der Waals surface area contributed by atoms with Crippen LogP contribution >= 0.6 is 0 Å². The molecule has 0 bridgehead atoms. The minimum Gasteiger partial charge on any atom is -0.444 e. The van der Waals surface area contributed by atoms with Gasteiger partial charge in [-0.1, -0.05) is 30.3 Å². The number of anilines is 4. The smallest absolute Gasteiger partial charge is 0.412 e. The van der Waals surface area contributed by atoms with Crippen molar-refractivity contribution in [3.05, 3.63) is 78.2 Å². The predicted molar refractivity (Wildman–Crippen MR) is 123 cm³/mol. The fourth-order valence-corrected chi connectivity index (χ4v) is 2.84. The number of carbonyl (C=O) groups is 2. The fraction of sp³-hybridized carbons (Fsp3) is 0.208. The second-order valence-electron chi connectivity index (χ2n) is 8.06. The van der Waals surface area contributed by atoms with Gasteiger partial charge in [-0.15, -0.1) is 0 Å². The molecule has 166 valence electrons. The first-order valence-corrected chi connectivity index (χ1v) is 9.99. The van der Waals surface area contributed by atoms with Gasteiger partial charge in [0.2, 0.25) is 0 Å². The summed E-state index contributed by atoms with van der Waals surface area (Å²) in [5.74, 6) is -0.692. The molecule has 0 aliphatic carbocycles. The number of amides is 2. The first-order chi connectivity index (χ1) is 15.1. The molecule has 2 amide bonds. The highest BCUT2D eigenvalue weighted by Gasteiger charge is 2.20. The van der Waals surface area contributed by atoms with Crippen LogP contribution in [0.4, 0.5) is 32.1 Å². The molecule has 3 aromatic rings. The lowest BCUT2D eigenvalue weighted by atomic mass is 10.2. The van der Waals surface area contributed by atoms with Crippen LogP contribution in [0.5, 0.6) is 0 Å². The van der Waals surface area contributed by atoms with E-state index in [1.807, 2.05) is 18.2 Å². The second-order valence-corrected chi connectivity index (χ2v) is 8.06. The van der Waals surface area contributed by atoms with E-state index in [1.54, 1.807) is 58.2 Å². The highest BCUT2D eigenvalue weighted by Crippen LogP contribution is 2.24. The maximum Gasteiger partial charge on any atom is 0.412 e. The van der Waals surface area contributed by atoms with Crippen molar-refractivity contribution in [1.82, 2.24) is 4.98 Å². The van der Waals surface area contributed by atoms with E-state index in [2.05, 4.69) is 15.6 Å². The quantitative estimate of drug-likeness (QED) is 0.545. The summed E-state index contributed by atoms with van der Waals surface area (Å²) in [7, 11) is 1.62. The number of halogens is 1. The van der Waals surface area contributed by atoms with E-state index in [-0.39, 0.29) is 22.9 Å². The third kappa shape index (κ3) is 6.04. The number of carbonyl (C=O) groups excluding carboxylic acids is 2. The number of para-hydroxylation sites is 2. The highest BCUT2D eigenvalue weighted by atomic mass is 19.1. The molecule has 0 saturated heterocycles. The van der Waals surface area contributed by atoms with Crippen molar-refractivity contribution in [2.24, 2.45) is 0 Å². The Bertz CT molecular complexity index is 1110. The van der Waals surface area contributed by atoms with Gasteiger partial charge >= 0.3 is 6.09 Å². The Morgan fingerprint density at radius 2 is 1.66 bits per heavy atom. The maximum atomic E-state index is 14.1. The molecular formula is C24H25FN4O3. The Hall–Kier alpha value is -3.94. The zero-order valence-electron chi connectivity index (χ0n) is 18.3. The summed E-state index contributed by atoms with van der Waals surface area (Å²) in [5, 5.41) is 5.47. The summed E-state index contributed by atoms with van der Waals surface area (Å²) in [6, 6.07) is 18.1. The van der Waals surface area contributed by atoms with E-state index in [1.165, 1.54) is 23.1 Å². The molecular weight excluding hydrogens is 411 g/mol. The van der Waals surface area contributed by atoms with Gasteiger partial charge in [-0.05, 0) is 51.1 Å². The van der Waals surface area contributed by atoms with Crippen molar-refractivity contribution < 1.29 is 18.7 Å². The zero-order chi connectivity index (χ0) is 23.3. The molecule has 1 heterocycles. The molecule has 0 unspecified atom stereocenters. The first-order valence-electron chi connectivity index (χ1n) is 9.99. The molecule has 1 aromatic heterocycles. The van der Waals surface area contributed by atoms with Gasteiger partial charge in [-0.3, -0.25) is 10.1 Å². The Morgan fingerprint density at radius 3 is 2.31 bits per heavy atom. The topological polar surface area (TPSA) is 83.6 Å². The Labute approximate surface area is 186 Å². The molecule has 8 heteroatoms. The average molecular weight is 436 g/mol. The predicted octanol–water partition coefficient (Wildman–Crippen LogP) is 5.59. The van der Waals surface area contributed by atoms with Crippen LogP contribution in [0.25, 0.3) is 0 Å². The fourth-order valence-electron chi connectivity index (χ4n) is 2.84. The van der Waals surface area contributed by atoms with Gasteiger partial charge in [0.15, 0.2) is 0 Å². The van der Waals surface area contributed by atoms with Crippen LogP contribution in [0.3, 0.4) is 0 Å². The van der Waals surface area contributed by atoms with Gasteiger partial charge < -0.3 is 15.0 Å². The first kappa shape index (κ1) is 22.7. The maximum absolute atomic E-state index is 14.1. The number of nitrogens with one attached hydrogen (secondary N) is 2. The molecule has 0 aliphatic heterocycles. The van der Waals surface area contributed by atoms with Crippen molar-refractivity contribution >= 4 is 34.9 Å². The summed E-state index contributed by atoms with van der Waals surface area (Å²) in [5.41, 5.74) is 0.497. The summed E-state index contributed by atoms with van der Waals surface area (Å²) in [6.07, 6.45) is -0.685. The van der Waals surface area contributed by atoms with Gasteiger partial charge in [0.05, 0.1) is 11.4 Å². The van der Waals surface area contributed by atoms with Crippen LogP contribution in [-0.2, 0) is 4.74 Å². The lowest BCUT2D eigenvalue weighted by Gasteiger charge is -2.21. The molecule has 0 radical (unpaired) electrons. The molecule has 32 heavy (non-hydrogen) atoms. The minimum atomic E-state index is -0.697. The minimum absolute atomic E-state index is 0.0590. The molecule has 0 saturated carbocycles. The Morgan fingerprint density at radius 1 is 1.00 bits per heavy atom. The number of hydrogen-bond acceptors (Lipinski definition) is 5. The lowest BCUT2D eigenvalue weighted by molar-refractivity contribution is 0.0635. The summed E-state index contributed by atoms with van der Waals surface area (Å²) >= 11 is 0. The van der Waals surface area contributed by atoms with Gasteiger partial charge in [-0.2, -0.15) is 0 Å². The van der Waals surface area contributed by atoms with Crippen LogP contribution in [0.1, 0.15) is 31.3 Å². The summed E-state index contributed by atoms with van der Waals surface area (Å²) in [4.78, 5) is 31.1. The van der Waals surface area contributed by atoms with Crippen molar-refractivity contribution in [3.63, 3.8) is 0 Å². The summed E-state index contributed by atoms with van der Waals surface area (Å²) in [6.45, 7) is 5.23. The molecule has 0 aliphatic rings. The summed E-state index contributed by atoms with van der Waals surface area (Å²) < 4.78 is 19.4. The van der Waals surface area contributed by atoms with Crippen molar-refractivity contribution in [3.8, 4) is 0 Å². The van der Waals surface area contributed by atoms with E-state index >= 15 is 0 Å². The molecule has 3 rings (SSSR count). The molecule has 2 N–H and O–H groups in total. The highest BCUT2D eigenvalue weighted by molar-refractivity contribution is 6.05. The van der Waals surface area contributed by atoms with E-state index in [0.717, 1.165) is 0 Å². The standard InChI is InChI=1S/C24H25FN4O3/c1-24(2,3)32-23(31)26-16-14-20(22(30)29(4)17-10-6-5-7-11-17)28-21(15-16)27-19-13-9-8-12-18(19)25/h5-15H,1-4H3,(H2,26,27,28,31). The molecule has 2 aromatic carbocycles. The molecule has 7 nitrogen and oxygen atoms in total. The van der Waals surface area contributed by atoms with E-state index < -0.39 is 23.4 Å². The van der Waals surface area contributed by atoms with E-state index in [4.69, 9.17) is 4.74 Å². The normalized spacial score (nSPS) is 10.9. The second kappa shape index (κ2) is 9.47. The van der Waals surface area contributed by atoms with Crippen LogP contribution in [0.2, 0.25) is 0 Å². The van der Waals surface area contributed by atoms with Gasteiger partial charge in [0.25, 0.3) is 5.91 Å². The number of rotatable bonds is 5. The SMILES string of the molecule is CN(C(=O)c1cc(NC(=O)OC(C)(C)C)cc(Nc2ccccc2F)n1)c1ccccc1. The Kier molecular flexibility index (Phi) is 6.73. The van der Waals surface area contributed by atoms with Gasteiger partial charge in [0, 0.05) is 18.8 Å². The van der Waals surface area contributed by atoms with Crippen molar-refractivity contribution in [2.75, 3.05) is 22.6 Å². The third-order valence-corrected chi connectivity index (χ3v) is 4.27. The van der Waals surface area contributed by atoms with Crippen LogP contribution in [0, 0.1) is 5.82 Å². The number of hydrogen-bond donors (Lipinski definition) is 2. The zero-order valence-corrected chi connectivity index (χ0v) is 18.3. The number of nitrogens with zero attached hydrogens (tertiary/aromatic N) is 2. The van der Waals surface area contributed by atoms with Gasteiger partial charge in [0.1, 0.15) is 22.9 Å². The largest absolute Gasteiger partial charge is 0.444 e. The average Bonchev–Trinajstić information content (AvgIpc) is 2.73. The monoisotopic (exact) mass is 436 g/mol. The number of aromatic nitrogens is 1. The number of ether oxygens (including phenoxy) is 1. The lowest BCUT2D eigenvalue weighted by Crippen LogP contribution is -2.28. The Balaban J connectivity index is 1.95. The van der Waals surface area contributed by atoms with E-state index in [0.29, 0.717) is 5.69 Å². The van der Waals surface area contributed by atoms with Crippen LogP contribution in [-0.4, -0.2) is 29.6 Å². The van der Waals surface area contributed by atoms with Crippen LogP contribution in [0.15, 0.2) is 66.7 Å².